The predicted molar refractivity (Wildman–Crippen MR) is 55.1 cm³/mol. The molecule has 2 heterocycles. The van der Waals surface area contributed by atoms with E-state index in [9.17, 15) is 0 Å². The molecule has 0 aliphatic rings. The second-order valence-corrected chi connectivity index (χ2v) is 3.82. The molecule has 0 atom stereocenters. The predicted octanol–water partition coefficient (Wildman–Crippen LogP) is 1.80. The van der Waals surface area contributed by atoms with E-state index in [2.05, 4.69) is 28.9 Å². The maximum absolute atomic E-state index is 4.35. The van der Waals surface area contributed by atoms with E-state index in [1.807, 2.05) is 14.0 Å². The van der Waals surface area contributed by atoms with Crippen LogP contribution in [0.5, 0.6) is 0 Å². The topological polar surface area (TPSA) is 43.6 Å². The van der Waals surface area contributed by atoms with Crippen molar-refractivity contribution in [2.24, 2.45) is 7.05 Å². The summed E-state index contributed by atoms with van der Waals surface area (Å²) in [6.45, 7) is 6.26. The SMILES string of the molecule is Cc1nn(C)c2ncnc(C(C)C)c12. The van der Waals surface area contributed by atoms with E-state index in [0.29, 0.717) is 5.92 Å². The molecule has 0 amide bonds. The van der Waals surface area contributed by atoms with Gasteiger partial charge in [0.25, 0.3) is 0 Å². The third-order valence-corrected chi connectivity index (χ3v) is 2.37. The molecule has 14 heavy (non-hydrogen) atoms. The van der Waals surface area contributed by atoms with Gasteiger partial charge in [-0.25, -0.2) is 9.97 Å². The molecule has 0 unspecified atom stereocenters. The highest BCUT2D eigenvalue weighted by Gasteiger charge is 2.13. The molecule has 0 saturated heterocycles. The molecule has 4 nitrogen and oxygen atoms in total. The van der Waals surface area contributed by atoms with Crippen molar-refractivity contribution in [1.82, 2.24) is 19.7 Å². The van der Waals surface area contributed by atoms with Gasteiger partial charge < -0.3 is 0 Å². The first kappa shape index (κ1) is 9.12. The molecule has 4 heteroatoms. The van der Waals surface area contributed by atoms with Gasteiger partial charge in [0.15, 0.2) is 5.65 Å². The van der Waals surface area contributed by atoms with Crippen molar-refractivity contribution in [3.05, 3.63) is 17.7 Å². The van der Waals surface area contributed by atoms with E-state index in [1.54, 1.807) is 11.0 Å². The van der Waals surface area contributed by atoms with Crippen LogP contribution in [0.25, 0.3) is 11.0 Å². The molecule has 2 aromatic heterocycles. The molecule has 0 spiro atoms. The van der Waals surface area contributed by atoms with Crippen molar-refractivity contribution in [2.75, 3.05) is 0 Å². The Morgan fingerprint density at radius 3 is 2.64 bits per heavy atom. The minimum Gasteiger partial charge on any atom is -0.250 e. The third kappa shape index (κ3) is 1.18. The summed E-state index contributed by atoms with van der Waals surface area (Å²) >= 11 is 0. The van der Waals surface area contributed by atoms with Crippen molar-refractivity contribution < 1.29 is 0 Å². The molecule has 0 fully saturated rings. The zero-order chi connectivity index (χ0) is 10.3. The van der Waals surface area contributed by atoms with Crippen molar-refractivity contribution in [3.8, 4) is 0 Å². The largest absolute Gasteiger partial charge is 0.250 e. The van der Waals surface area contributed by atoms with E-state index >= 15 is 0 Å². The number of hydrogen-bond donors (Lipinski definition) is 0. The van der Waals surface area contributed by atoms with Crippen molar-refractivity contribution in [3.63, 3.8) is 0 Å². The maximum Gasteiger partial charge on any atom is 0.161 e. The Morgan fingerprint density at radius 2 is 2.00 bits per heavy atom. The van der Waals surface area contributed by atoms with E-state index in [-0.39, 0.29) is 0 Å². The molecular weight excluding hydrogens is 176 g/mol. The van der Waals surface area contributed by atoms with Gasteiger partial charge in [-0.1, -0.05) is 13.8 Å². The van der Waals surface area contributed by atoms with Crippen LogP contribution in [0.3, 0.4) is 0 Å². The summed E-state index contributed by atoms with van der Waals surface area (Å²) < 4.78 is 1.80. The average Bonchev–Trinajstić information content (AvgIpc) is 2.43. The summed E-state index contributed by atoms with van der Waals surface area (Å²) in [5.74, 6) is 0.406. The van der Waals surface area contributed by atoms with E-state index < -0.39 is 0 Å². The second kappa shape index (κ2) is 3.04. The van der Waals surface area contributed by atoms with E-state index in [0.717, 1.165) is 22.4 Å². The molecule has 0 bridgehead atoms. The van der Waals surface area contributed by atoms with Gasteiger partial charge in [-0.15, -0.1) is 0 Å². The molecule has 0 radical (unpaired) electrons. The van der Waals surface area contributed by atoms with Crippen LogP contribution in [0.15, 0.2) is 6.33 Å². The standard InChI is InChI=1S/C10H14N4/c1-6(2)9-8-7(3)13-14(4)10(8)12-5-11-9/h5-6H,1-4H3. The van der Waals surface area contributed by atoms with Gasteiger partial charge in [0.2, 0.25) is 0 Å². The number of aromatic nitrogens is 4. The van der Waals surface area contributed by atoms with Crippen molar-refractivity contribution in [2.45, 2.75) is 26.7 Å². The molecule has 74 valence electrons. The van der Waals surface area contributed by atoms with Crippen LogP contribution < -0.4 is 0 Å². The smallest absolute Gasteiger partial charge is 0.161 e. The molecule has 2 rings (SSSR count). The third-order valence-electron chi connectivity index (χ3n) is 2.37. The minimum atomic E-state index is 0.406. The second-order valence-electron chi connectivity index (χ2n) is 3.82. The lowest BCUT2D eigenvalue weighted by Crippen LogP contribution is -1.97. The lowest BCUT2D eigenvalue weighted by Gasteiger charge is -2.04. The van der Waals surface area contributed by atoms with Crippen LogP contribution in [-0.2, 0) is 7.05 Å². The highest BCUT2D eigenvalue weighted by Crippen LogP contribution is 2.23. The first-order chi connectivity index (χ1) is 6.61. The van der Waals surface area contributed by atoms with Crippen molar-refractivity contribution >= 4 is 11.0 Å². The summed E-state index contributed by atoms with van der Waals surface area (Å²) in [6.07, 6.45) is 1.61. The van der Waals surface area contributed by atoms with Gasteiger partial charge >= 0.3 is 0 Å². The van der Waals surface area contributed by atoms with Crippen LogP contribution in [0.4, 0.5) is 0 Å². The summed E-state index contributed by atoms with van der Waals surface area (Å²) in [6, 6.07) is 0. The number of rotatable bonds is 1. The highest BCUT2D eigenvalue weighted by molar-refractivity contribution is 5.80. The van der Waals surface area contributed by atoms with Gasteiger partial charge in [-0.05, 0) is 12.8 Å². The molecule has 0 aliphatic carbocycles. The van der Waals surface area contributed by atoms with E-state index in [4.69, 9.17) is 0 Å². The number of hydrogen-bond acceptors (Lipinski definition) is 3. The Labute approximate surface area is 83.0 Å². The monoisotopic (exact) mass is 190 g/mol. The Bertz CT molecular complexity index is 470. The quantitative estimate of drug-likeness (QED) is 0.688. The van der Waals surface area contributed by atoms with E-state index in [1.165, 1.54) is 0 Å². The Kier molecular flexibility index (Phi) is 1.98. The molecular formula is C10H14N4. The first-order valence-corrected chi connectivity index (χ1v) is 4.75. The summed E-state index contributed by atoms with van der Waals surface area (Å²) in [4.78, 5) is 8.55. The number of nitrogens with zero attached hydrogens (tertiary/aromatic N) is 4. The molecule has 0 saturated carbocycles. The number of aryl methyl sites for hydroxylation is 2. The fourth-order valence-corrected chi connectivity index (χ4v) is 1.74. The summed E-state index contributed by atoms with van der Waals surface area (Å²) in [7, 11) is 1.91. The fraction of sp³-hybridized carbons (Fsp3) is 0.500. The van der Waals surface area contributed by atoms with Gasteiger partial charge in [-0.3, -0.25) is 4.68 Å². The highest BCUT2D eigenvalue weighted by atomic mass is 15.3. The first-order valence-electron chi connectivity index (χ1n) is 4.75. The van der Waals surface area contributed by atoms with Crippen molar-refractivity contribution in [1.29, 1.82) is 0 Å². The minimum absolute atomic E-state index is 0.406. The maximum atomic E-state index is 4.35. The van der Waals surface area contributed by atoms with Gasteiger partial charge in [0, 0.05) is 7.05 Å². The molecule has 0 N–H and O–H groups in total. The Morgan fingerprint density at radius 1 is 1.29 bits per heavy atom. The number of fused-ring (bicyclic) bond motifs is 1. The normalized spacial score (nSPS) is 11.5. The van der Waals surface area contributed by atoms with Crippen LogP contribution in [0, 0.1) is 6.92 Å². The Balaban J connectivity index is 2.85. The van der Waals surface area contributed by atoms with Crippen LogP contribution in [-0.4, -0.2) is 19.7 Å². The van der Waals surface area contributed by atoms with Gasteiger partial charge in [-0.2, -0.15) is 5.10 Å². The van der Waals surface area contributed by atoms with Gasteiger partial charge in [0.05, 0.1) is 16.8 Å². The summed E-state index contributed by atoms with van der Waals surface area (Å²) in [5.41, 5.74) is 3.01. The van der Waals surface area contributed by atoms with Crippen LogP contribution in [0.1, 0.15) is 31.2 Å². The zero-order valence-corrected chi connectivity index (χ0v) is 8.94. The molecule has 2 aromatic rings. The lowest BCUT2D eigenvalue weighted by molar-refractivity contribution is 0.772. The average molecular weight is 190 g/mol. The lowest BCUT2D eigenvalue weighted by atomic mass is 10.1. The Hall–Kier alpha value is -1.45. The molecule has 0 aliphatic heterocycles. The summed E-state index contributed by atoms with van der Waals surface area (Å²) in [5, 5.41) is 5.45. The molecule has 0 aromatic carbocycles. The fourth-order valence-electron chi connectivity index (χ4n) is 1.74. The van der Waals surface area contributed by atoms with Crippen LogP contribution >= 0.6 is 0 Å². The van der Waals surface area contributed by atoms with Gasteiger partial charge in [0.1, 0.15) is 6.33 Å². The zero-order valence-electron chi connectivity index (χ0n) is 8.94. The van der Waals surface area contributed by atoms with Crippen LogP contribution in [0.2, 0.25) is 0 Å².